The number of thiophene rings is 1. The minimum absolute atomic E-state index is 0.0991. The van der Waals surface area contributed by atoms with Gasteiger partial charge >= 0.3 is 0 Å². The molecule has 2 rings (SSSR count). The number of halogens is 1. The predicted molar refractivity (Wildman–Crippen MR) is 78.2 cm³/mol. The molecular formula is C12H12BrN3O2S. The van der Waals surface area contributed by atoms with Gasteiger partial charge in [0.05, 0.1) is 15.9 Å². The van der Waals surface area contributed by atoms with Gasteiger partial charge in [0.25, 0.3) is 11.5 Å². The van der Waals surface area contributed by atoms with Crippen LogP contribution >= 0.6 is 27.3 Å². The Labute approximate surface area is 122 Å². The van der Waals surface area contributed by atoms with Gasteiger partial charge in [-0.1, -0.05) is 0 Å². The van der Waals surface area contributed by atoms with Crippen molar-refractivity contribution < 1.29 is 4.79 Å². The number of pyridine rings is 1. The molecular weight excluding hydrogens is 330 g/mol. The first-order valence-corrected chi connectivity index (χ1v) is 7.09. The van der Waals surface area contributed by atoms with E-state index < -0.39 is 0 Å². The Bertz CT molecular complexity index is 678. The van der Waals surface area contributed by atoms with E-state index in [-0.39, 0.29) is 11.5 Å². The number of rotatable bonds is 3. The van der Waals surface area contributed by atoms with Crippen LogP contribution in [0.3, 0.4) is 0 Å². The number of hydrazine groups is 1. The fourth-order valence-electron chi connectivity index (χ4n) is 1.68. The molecule has 1 amide bonds. The normalized spacial score (nSPS) is 10.5. The fourth-order valence-corrected chi connectivity index (χ4v) is 2.99. The van der Waals surface area contributed by atoms with Gasteiger partial charge in [0.2, 0.25) is 0 Å². The van der Waals surface area contributed by atoms with Crippen molar-refractivity contribution >= 4 is 33.2 Å². The summed E-state index contributed by atoms with van der Waals surface area (Å²) in [4.78, 5) is 24.9. The molecule has 0 atom stereocenters. The highest BCUT2D eigenvalue weighted by Crippen LogP contribution is 2.22. The molecule has 0 fully saturated rings. The number of nitrogen functional groups attached to an aromatic ring is 1. The van der Waals surface area contributed by atoms with Crippen LogP contribution in [-0.2, 0) is 6.54 Å². The van der Waals surface area contributed by atoms with Crippen LogP contribution in [-0.4, -0.2) is 10.5 Å². The van der Waals surface area contributed by atoms with E-state index in [4.69, 9.17) is 5.84 Å². The summed E-state index contributed by atoms with van der Waals surface area (Å²) >= 11 is 4.56. The number of nitrogens with two attached hydrogens (primary N) is 1. The highest BCUT2D eigenvalue weighted by molar-refractivity contribution is 9.10. The van der Waals surface area contributed by atoms with E-state index in [1.807, 2.05) is 6.92 Å². The van der Waals surface area contributed by atoms with Crippen molar-refractivity contribution in [2.45, 2.75) is 13.5 Å². The summed E-state index contributed by atoms with van der Waals surface area (Å²) < 4.78 is 2.10. The van der Waals surface area contributed by atoms with Gasteiger partial charge in [-0.15, -0.1) is 11.3 Å². The van der Waals surface area contributed by atoms with Gasteiger partial charge in [-0.25, -0.2) is 5.84 Å². The minimum atomic E-state index is -0.319. The first kappa shape index (κ1) is 14.0. The molecule has 0 saturated heterocycles. The van der Waals surface area contributed by atoms with E-state index >= 15 is 0 Å². The number of aromatic nitrogens is 1. The number of hydrogen-bond acceptors (Lipinski definition) is 4. The standard InChI is InChI=1S/C12H12BrN3O2S/c1-7-8(5-10(19-7)11(17)15-14)6-16-4-2-3-9(13)12(16)18/h2-5H,6,14H2,1H3,(H,15,17). The van der Waals surface area contributed by atoms with Gasteiger partial charge in [0.1, 0.15) is 0 Å². The Morgan fingerprint density at radius 3 is 3.00 bits per heavy atom. The average molecular weight is 342 g/mol. The number of aryl methyl sites for hydroxylation is 1. The SMILES string of the molecule is Cc1sc(C(=O)NN)cc1Cn1cccc(Br)c1=O. The molecule has 0 radical (unpaired) electrons. The first-order chi connectivity index (χ1) is 9.02. The quantitative estimate of drug-likeness (QED) is 0.506. The Hall–Kier alpha value is -1.44. The molecule has 0 aliphatic heterocycles. The van der Waals surface area contributed by atoms with E-state index in [0.29, 0.717) is 15.9 Å². The molecule has 19 heavy (non-hydrogen) atoms. The van der Waals surface area contributed by atoms with Crippen LogP contribution in [0.1, 0.15) is 20.1 Å². The van der Waals surface area contributed by atoms with E-state index in [1.165, 1.54) is 11.3 Å². The predicted octanol–water partition coefficient (Wildman–Crippen LogP) is 1.63. The summed E-state index contributed by atoms with van der Waals surface area (Å²) in [6, 6.07) is 5.25. The number of hydrogen-bond donors (Lipinski definition) is 2. The average Bonchev–Trinajstić information content (AvgIpc) is 2.75. The van der Waals surface area contributed by atoms with Crippen LogP contribution in [0.25, 0.3) is 0 Å². The summed E-state index contributed by atoms with van der Waals surface area (Å²) in [6.07, 6.45) is 1.72. The maximum absolute atomic E-state index is 11.9. The molecule has 3 N–H and O–H groups in total. The molecule has 7 heteroatoms. The lowest BCUT2D eigenvalue weighted by atomic mass is 10.2. The molecule has 0 spiro atoms. The zero-order valence-corrected chi connectivity index (χ0v) is 12.5. The summed E-state index contributed by atoms with van der Waals surface area (Å²) in [5, 5.41) is 0. The van der Waals surface area contributed by atoms with Gasteiger partial charge < -0.3 is 4.57 Å². The molecule has 2 aromatic rings. The summed E-state index contributed by atoms with van der Waals surface area (Å²) in [6.45, 7) is 2.34. The third-order valence-corrected chi connectivity index (χ3v) is 4.38. The lowest BCUT2D eigenvalue weighted by molar-refractivity contribution is 0.0957. The van der Waals surface area contributed by atoms with Gasteiger partial charge in [0.15, 0.2) is 0 Å². The van der Waals surface area contributed by atoms with Crippen molar-refractivity contribution in [1.29, 1.82) is 0 Å². The lowest BCUT2D eigenvalue weighted by Crippen LogP contribution is -2.29. The summed E-state index contributed by atoms with van der Waals surface area (Å²) in [5.41, 5.74) is 2.94. The Kier molecular flexibility index (Phi) is 4.18. The Morgan fingerprint density at radius 2 is 2.32 bits per heavy atom. The molecule has 0 unspecified atom stereocenters. The van der Waals surface area contributed by atoms with Crippen LogP contribution in [0.4, 0.5) is 0 Å². The van der Waals surface area contributed by atoms with Crippen molar-refractivity contribution in [3.05, 3.63) is 54.5 Å². The molecule has 0 aliphatic carbocycles. The smallest absolute Gasteiger partial charge is 0.275 e. The molecule has 2 heterocycles. The molecule has 0 aliphatic rings. The number of carbonyl (C=O) groups is 1. The summed E-state index contributed by atoms with van der Waals surface area (Å²) in [5.74, 6) is 4.79. The molecule has 5 nitrogen and oxygen atoms in total. The number of nitrogens with one attached hydrogen (secondary N) is 1. The zero-order valence-electron chi connectivity index (χ0n) is 10.1. The van der Waals surface area contributed by atoms with Gasteiger partial charge in [-0.3, -0.25) is 15.0 Å². The zero-order chi connectivity index (χ0) is 14.0. The van der Waals surface area contributed by atoms with Gasteiger partial charge in [-0.05, 0) is 46.6 Å². The molecule has 0 saturated carbocycles. The second kappa shape index (κ2) is 5.68. The molecule has 2 aromatic heterocycles. The van der Waals surface area contributed by atoms with Crippen molar-refractivity contribution in [1.82, 2.24) is 9.99 Å². The lowest BCUT2D eigenvalue weighted by Gasteiger charge is -2.05. The monoisotopic (exact) mass is 341 g/mol. The van der Waals surface area contributed by atoms with Crippen LogP contribution in [0, 0.1) is 6.92 Å². The third-order valence-electron chi connectivity index (χ3n) is 2.69. The Morgan fingerprint density at radius 1 is 1.58 bits per heavy atom. The summed E-state index contributed by atoms with van der Waals surface area (Å²) in [7, 11) is 0. The Balaban J connectivity index is 2.34. The van der Waals surface area contributed by atoms with Gasteiger partial charge in [-0.2, -0.15) is 0 Å². The first-order valence-electron chi connectivity index (χ1n) is 5.48. The molecule has 0 aromatic carbocycles. The highest BCUT2D eigenvalue weighted by Gasteiger charge is 2.12. The molecule has 100 valence electrons. The largest absolute Gasteiger partial charge is 0.310 e. The second-order valence-electron chi connectivity index (χ2n) is 3.95. The van der Waals surface area contributed by atoms with Gasteiger partial charge in [0, 0.05) is 11.1 Å². The molecule has 0 bridgehead atoms. The van der Waals surface area contributed by atoms with E-state index in [2.05, 4.69) is 21.4 Å². The fraction of sp³-hybridized carbons (Fsp3) is 0.167. The van der Waals surface area contributed by atoms with Crippen LogP contribution in [0.15, 0.2) is 33.7 Å². The van der Waals surface area contributed by atoms with Crippen LogP contribution < -0.4 is 16.8 Å². The minimum Gasteiger partial charge on any atom is -0.310 e. The van der Waals surface area contributed by atoms with E-state index in [9.17, 15) is 9.59 Å². The number of nitrogens with zero attached hydrogens (tertiary/aromatic N) is 1. The number of carbonyl (C=O) groups excluding carboxylic acids is 1. The van der Waals surface area contributed by atoms with Crippen molar-refractivity contribution in [2.24, 2.45) is 5.84 Å². The second-order valence-corrected chi connectivity index (χ2v) is 6.07. The van der Waals surface area contributed by atoms with Crippen LogP contribution in [0.5, 0.6) is 0 Å². The van der Waals surface area contributed by atoms with E-state index in [0.717, 1.165) is 10.4 Å². The maximum atomic E-state index is 11.9. The third kappa shape index (κ3) is 2.94. The van der Waals surface area contributed by atoms with Crippen molar-refractivity contribution in [2.75, 3.05) is 0 Å². The van der Waals surface area contributed by atoms with E-state index in [1.54, 1.807) is 29.0 Å². The van der Waals surface area contributed by atoms with Crippen LogP contribution in [0.2, 0.25) is 0 Å². The van der Waals surface area contributed by atoms with Crippen molar-refractivity contribution in [3.8, 4) is 0 Å². The maximum Gasteiger partial charge on any atom is 0.275 e. The van der Waals surface area contributed by atoms with Crippen molar-refractivity contribution in [3.63, 3.8) is 0 Å². The number of amides is 1. The topological polar surface area (TPSA) is 77.1 Å². The highest BCUT2D eigenvalue weighted by atomic mass is 79.9.